The number of hydrogen-bond donors (Lipinski definition) is 1. The number of rotatable bonds is 3. The fourth-order valence-corrected chi connectivity index (χ4v) is 3.81. The highest BCUT2D eigenvalue weighted by atomic mass is 15.2. The molecule has 0 aromatic rings. The zero-order valence-electron chi connectivity index (χ0n) is 11.0. The molecule has 94 valence electrons. The van der Waals surface area contributed by atoms with Gasteiger partial charge in [0.2, 0.25) is 0 Å². The summed E-state index contributed by atoms with van der Waals surface area (Å²) < 4.78 is 0. The van der Waals surface area contributed by atoms with E-state index in [9.17, 15) is 0 Å². The van der Waals surface area contributed by atoms with Gasteiger partial charge in [-0.2, -0.15) is 0 Å². The third-order valence-corrected chi connectivity index (χ3v) is 4.98. The molecule has 0 heterocycles. The number of nitrogens with zero attached hydrogens (tertiary/aromatic N) is 1. The zero-order chi connectivity index (χ0) is 11.5. The molecule has 2 unspecified atom stereocenters. The molecule has 0 saturated heterocycles. The third-order valence-electron chi connectivity index (χ3n) is 4.98. The molecule has 2 aliphatic carbocycles. The van der Waals surface area contributed by atoms with Crippen molar-refractivity contribution in [2.45, 2.75) is 76.4 Å². The zero-order valence-corrected chi connectivity index (χ0v) is 11.0. The summed E-state index contributed by atoms with van der Waals surface area (Å²) in [7, 11) is 2.36. The van der Waals surface area contributed by atoms with Crippen molar-refractivity contribution in [1.82, 2.24) is 4.90 Å². The molecule has 0 aromatic carbocycles. The fraction of sp³-hybridized carbons (Fsp3) is 1.00. The van der Waals surface area contributed by atoms with Crippen LogP contribution in [0.25, 0.3) is 0 Å². The predicted octanol–water partition coefficient (Wildman–Crippen LogP) is 2.77. The molecule has 2 saturated carbocycles. The van der Waals surface area contributed by atoms with Crippen molar-refractivity contribution in [2.75, 3.05) is 7.05 Å². The van der Waals surface area contributed by atoms with E-state index in [1.54, 1.807) is 0 Å². The van der Waals surface area contributed by atoms with E-state index in [-0.39, 0.29) is 0 Å². The Morgan fingerprint density at radius 2 is 1.75 bits per heavy atom. The summed E-state index contributed by atoms with van der Waals surface area (Å²) in [5.74, 6) is 0.959. The Labute approximate surface area is 101 Å². The Bertz CT molecular complexity index is 209. The molecule has 16 heavy (non-hydrogen) atoms. The SMILES string of the molecule is CCC1CCCC1N(C)C1CCC(N)CC1. The van der Waals surface area contributed by atoms with Gasteiger partial charge in [-0.15, -0.1) is 0 Å². The molecule has 0 bridgehead atoms. The van der Waals surface area contributed by atoms with Crippen LogP contribution in [0.2, 0.25) is 0 Å². The van der Waals surface area contributed by atoms with Gasteiger partial charge in [0, 0.05) is 18.1 Å². The molecule has 2 fully saturated rings. The van der Waals surface area contributed by atoms with Crippen LogP contribution < -0.4 is 5.73 Å². The van der Waals surface area contributed by atoms with Gasteiger partial charge in [0.25, 0.3) is 0 Å². The van der Waals surface area contributed by atoms with Gasteiger partial charge in [-0.25, -0.2) is 0 Å². The third kappa shape index (κ3) is 2.60. The smallest absolute Gasteiger partial charge is 0.0123 e. The van der Waals surface area contributed by atoms with E-state index in [0.29, 0.717) is 6.04 Å². The van der Waals surface area contributed by atoms with Crippen LogP contribution in [0.15, 0.2) is 0 Å². The largest absolute Gasteiger partial charge is 0.328 e. The molecule has 2 aliphatic rings. The first-order chi connectivity index (χ1) is 7.72. The van der Waals surface area contributed by atoms with Gasteiger partial charge in [0.05, 0.1) is 0 Å². The van der Waals surface area contributed by atoms with E-state index in [1.807, 2.05) is 0 Å². The van der Waals surface area contributed by atoms with Crippen molar-refractivity contribution >= 4 is 0 Å². The van der Waals surface area contributed by atoms with Crippen molar-refractivity contribution in [3.05, 3.63) is 0 Å². The second-order valence-corrected chi connectivity index (χ2v) is 5.90. The topological polar surface area (TPSA) is 29.3 Å². The maximum atomic E-state index is 5.99. The Morgan fingerprint density at radius 3 is 2.38 bits per heavy atom. The summed E-state index contributed by atoms with van der Waals surface area (Å²) in [5.41, 5.74) is 5.99. The lowest BCUT2D eigenvalue weighted by molar-refractivity contribution is 0.106. The molecule has 0 spiro atoms. The summed E-state index contributed by atoms with van der Waals surface area (Å²) in [6, 6.07) is 2.16. The minimum absolute atomic E-state index is 0.482. The van der Waals surface area contributed by atoms with Crippen LogP contribution in [0.5, 0.6) is 0 Å². The summed E-state index contributed by atoms with van der Waals surface area (Å²) in [4.78, 5) is 2.70. The van der Waals surface area contributed by atoms with Crippen molar-refractivity contribution in [3.8, 4) is 0 Å². The summed E-state index contributed by atoms with van der Waals surface area (Å²) in [6.07, 6.45) is 10.8. The molecule has 0 aromatic heterocycles. The van der Waals surface area contributed by atoms with Crippen molar-refractivity contribution in [1.29, 1.82) is 0 Å². The minimum Gasteiger partial charge on any atom is -0.328 e. The summed E-state index contributed by atoms with van der Waals surface area (Å²) in [6.45, 7) is 2.35. The first-order valence-corrected chi connectivity index (χ1v) is 7.20. The van der Waals surface area contributed by atoms with E-state index in [2.05, 4.69) is 18.9 Å². The van der Waals surface area contributed by atoms with E-state index in [1.165, 1.54) is 51.4 Å². The average Bonchev–Trinajstić information content (AvgIpc) is 2.77. The second kappa shape index (κ2) is 5.50. The maximum Gasteiger partial charge on any atom is 0.0123 e. The lowest BCUT2D eigenvalue weighted by atomic mass is 9.88. The van der Waals surface area contributed by atoms with Crippen LogP contribution >= 0.6 is 0 Å². The van der Waals surface area contributed by atoms with Crippen LogP contribution in [0.3, 0.4) is 0 Å². The van der Waals surface area contributed by atoms with E-state index >= 15 is 0 Å². The quantitative estimate of drug-likeness (QED) is 0.798. The standard InChI is InChI=1S/C14H28N2/c1-3-11-5-4-6-14(11)16(2)13-9-7-12(15)8-10-13/h11-14H,3-10,15H2,1-2H3. The maximum absolute atomic E-state index is 5.99. The first kappa shape index (κ1) is 12.4. The molecular formula is C14H28N2. The highest BCUT2D eigenvalue weighted by molar-refractivity contribution is 4.89. The van der Waals surface area contributed by atoms with Crippen molar-refractivity contribution in [3.63, 3.8) is 0 Å². The highest BCUT2D eigenvalue weighted by Gasteiger charge is 2.33. The highest BCUT2D eigenvalue weighted by Crippen LogP contribution is 2.34. The van der Waals surface area contributed by atoms with E-state index in [0.717, 1.165) is 18.0 Å². The average molecular weight is 224 g/mol. The van der Waals surface area contributed by atoms with Crippen molar-refractivity contribution in [2.24, 2.45) is 11.7 Å². The van der Waals surface area contributed by atoms with Gasteiger partial charge >= 0.3 is 0 Å². The second-order valence-electron chi connectivity index (χ2n) is 5.90. The van der Waals surface area contributed by atoms with Gasteiger partial charge in [-0.3, -0.25) is 0 Å². The van der Waals surface area contributed by atoms with Gasteiger partial charge < -0.3 is 10.6 Å². The van der Waals surface area contributed by atoms with Gasteiger partial charge in [0.15, 0.2) is 0 Å². The lowest BCUT2D eigenvalue weighted by Gasteiger charge is -2.39. The van der Waals surface area contributed by atoms with Crippen LogP contribution in [0, 0.1) is 5.92 Å². The molecule has 2 rings (SSSR count). The first-order valence-electron chi connectivity index (χ1n) is 7.20. The van der Waals surface area contributed by atoms with Gasteiger partial charge in [-0.05, 0) is 51.5 Å². The van der Waals surface area contributed by atoms with Crippen LogP contribution in [0.4, 0.5) is 0 Å². The van der Waals surface area contributed by atoms with Crippen molar-refractivity contribution < 1.29 is 0 Å². The molecular weight excluding hydrogens is 196 g/mol. The lowest BCUT2D eigenvalue weighted by Crippen LogP contribution is -2.45. The Morgan fingerprint density at radius 1 is 1.06 bits per heavy atom. The Kier molecular flexibility index (Phi) is 4.26. The number of hydrogen-bond acceptors (Lipinski definition) is 2. The van der Waals surface area contributed by atoms with Gasteiger partial charge in [-0.1, -0.05) is 19.8 Å². The Balaban J connectivity index is 1.88. The normalized spacial score (nSPS) is 40.5. The van der Waals surface area contributed by atoms with Crippen LogP contribution in [0.1, 0.15) is 58.3 Å². The molecule has 2 nitrogen and oxygen atoms in total. The van der Waals surface area contributed by atoms with Crippen LogP contribution in [-0.2, 0) is 0 Å². The molecule has 2 N–H and O–H groups in total. The summed E-state index contributed by atoms with van der Waals surface area (Å²) in [5, 5.41) is 0. The fourth-order valence-electron chi connectivity index (χ4n) is 3.81. The monoisotopic (exact) mass is 224 g/mol. The van der Waals surface area contributed by atoms with Crippen LogP contribution in [-0.4, -0.2) is 30.1 Å². The molecule has 2 heteroatoms. The number of nitrogens with two attached hydrogens (primary N) is 1. The molecule has 0 radical (unpaired) electrons. The van der Waals surface area contributed by atoms with E-state index < -0.39 is 0 Å². The minimum atomic E-state index is 0.482. The molecule has 2 atom stereocenters. The summed E-state index contributed by atoms with van der Waals surface area (Å²) >= 11 is 0. The van der Waals surface area contributed by atoms with E-state index in [4.69, 9.17) is 5.73 Å². The van der Waals surface area contributed by atoms with Gasteiger partial charge in [0.1, 0.15) is 0 Å². The predicted molar refractivity (Wildman–Crippen MR) is 69.4 cm³/mol. The Hall–Kier alpha value is -0.0800. The molecule has 0 amide bonds. The molecule has 0 aliphatic heterocycles.